The van der Waals surface area contributed by atoms with Crippen LogP contribution in [0.25, 0.3) is 0 Å². The minimum Gasteiger partial charge on any atom is -0.362 e. The highest BCUT2D eigenvalue weighted by Crippen LogP contribution is 2.38. The van der Waals surface area contributed by atoms with Gasteiger partial charge in [0.1, 0.15) is 0 Å². The molecule has 3 rings (SSSR count). The molecule has 1 aliphatic rings. The first kappa shape index (κ1) is 13.2. The van der Waals surface area contributed by atoms with Crippen molar-refractivity contribution < 1.29 is 0 Å². The highest BCUT2D eigenvalue weighted by atomic mass is 79.9. The van der Waals surface area contributed by atoms with Gasteiger partial charge in [-0.1, -0.05) is 18.2 Å². The van der Waals surface area contributed by atoms with Crippen LogP contribution in [0.2, 0.25) is 0 Å². The van der Waals surface area contributed by atoms with Crippen LogP contribution in [-0.2, 0) is 6.42 Å². The summed E-state index contributed by atoms with van der Waals surface area (Å²) in [5, 5.41) is 2.12. The number of benzene rings is 1. The van der Waals surface area contributed by atoms with Gasteiger partial charge >= 0.3 is 0 Å². The van der Waals surface area contributed by atoms with Gasteiger partial charge in [0.25, 0.3) is 0 Å². The zero-order valence-corrected chi connectivity index (χ0v) is 13.1. The maximum absolute atomic E-state index is 6.07. The van der Waals surface area contributed by atoms with E-state index in [2.05, 4.69) is 56.5 Å². The van der Waals surface area contributed by atoms with Crippen LogP contribution < -0.4 is 10.6 Å². The lowest BCUT2D eigenvalue weighted by Crippen LogP contribution is -2.37. The quantitative estimate of drug-likeness (QED) is 0.918. The molecule has 0 radical (unpaired) electrons. The van der Waals surface area contributed by atoms with Gasteiger partial charge in [0.15, 0.2) is 0 Å². The molecular formula is C15H17BrN2S. The lowest BCUT2D eigenvalue weighted by atomic mass is 9.99. The van der Waals surface area contributed by atoms with Crippen LogP contribution in [0.3, 0.4) is 0 Å². The van der Waals surface area contributed by atoms with E-state index >= 15 is 0 Å². The maximum atomic E-state index is 6.07. The number of nitrogens with two attached hydrogens (primary N) is 1. The van der Waals surface area contributed by atoms with E-state index < -0.39 is 0 Å². The molecule has 2 nitrogen and oxygen atoms in total. The van der Waals surface area contributed by atoms with Gasteiger partial charge in [-0.05, 0) is 51.8 Å². The molecule has 1 aromatic carbocycles. The summed E-state index contributed by atoms with van der Waals surface area (Å²) >= 11 is 5.42. The van der Waals surface area contributed by atoms with Crippen LogP contribution in [0.5, 0.6) is 0 Å². The molecule has 19 heavy (non-hydrogen) atoms. The molecule has 2 aromatic rings. The molecule has 1 unspecified atom stereocenters. The fourth-order valence-corrected chi connectivity index (χ4v) is 4.57. The molecule has 1 atom stereocenters. The molecule has 2 heterocycles. The predicted octanol–water partition coefficient (Wildman–Crippen LogP) is 3.96. The van der Waals surface area contributed by atoms with E-state index in [0.29, 0.717) is 6.54 Å². The van der Waals surface area contributed by atoms with E-state index in [1.807, 2.05) is 0 Å². The van der Waals surface area contributed by atoms with E-state index in [-0.39, 0.29) is 6.04 Å². The Labute approximate surface area is 126 Å². The molecule has 4 heteroatoms. The summed E-state index contributed by atoms with van der Waals surface area (Å²) in [4.78, 5) is 3.80. The summed E-state index contributed by atoms with van der Waals surface area (Å²) in [5.41, 5.74) is 8.86. The van der Waals surface area contributed by atoms with Gasteiger partial charge in [0.2, 0.25) is 0 Å². The highest BCUT2D eigenvalue weighted by molar-refractivity contribution is 9.10. The van der Waals surface area contributed by atoms with E-state index in [1.165, 1.54) is 33.4 Å². The zero-order chi connectivity index (χ0) is 13.2. The van der Waals surface area contributed by atoms with Gasteiger partial charge in [-0.2, -0.15) is 0 Å². The summed E-state index contributed by atoms with van der Waals surface area (Å²) < 4.78 is 1.18. The number of halogens is 1. The van der Waals surface area contributed by atoms with E-state index in [0.717, 1.165) is 6.54 Å². The lowest BCUT2D eigenvalue weighted by Gasteiger charge is -2.37. The molecule has 1 aromatic heterocycles. The molecule has 0 fully saturated rings. The average molecular weight is 337 g/mol. The van der Waals surface area contributed by atoms with Crippen molar-refractivity contribution >= 4 is 33.0 Å². The first-order valence-corrected chi connectivity index (χ1v) is 8.26. The van der Waals surface area contributed by atoms with Gasteiger partial charge in [0.05, 0.1) is 6.04 Å². The smallest absolute Gasteiger partial charge is 0.0768 e. The third-order valence-electron chi connectivity index (χ3n) is 3.69. The Balaban J connectivity index is 2.00. The van der Waals surface area contributed by atoms with Crippen molar-refractivity contribution in [2.75, 3.05) is 18.0 Å². The van der Waals surface area contributed by atoms with Crippen LogP contribution in [0.4, 0.5) is 5.69 Å². The third-order valence-corrected chi connectivity index (χ3v) is 5.67. The molecule has 0 saturated heterocycles. The molecule has 0 aliphatic carbocycles. The fourth-order valence-electron chi connectivity index (χ4n) is 2.81. The standard InChI is InChI=1S/C15H17BrN2S/c16-12-7-9-19-15(12)14(10-17)18-8-3-5-11-4-1-2-6-13(11)18/h1-2,4,6-7,9,14H,3,5,8,10,17H2. The molecule has 2 N–H and O–H groups in total. The highest BCUT2D eigenvalue weighted by Gasteiger charge is 2.26. The van der Waals surface area contributed by atoms with Crippen LogP contribution in [0.15, 0.2) is 40.2 Å². The number of aryl methyl sites for hydroxylation is 1. The number of rotatable bonds is 3. The van der Waals surface area contributed by atoms with Crippen molar-refractivity contribution in [3.63, 3.8) is 0 Å². The second-order valence-corrected chi connectivity index (χ2v) is 6.61. The normalized spacial score (nSPS) is 16.2. The van der Waals surface area contributed by atoms with Crippen LogP contribution in [0.1, 0.15) is 22.9 Å². The molecule has 0 bridgehead atoms. The van der Waals surface area contributed by atoms with Crippen molar-refractivity contribution in [1.82, 2.24) is 0 Å². The largest absolute Gasteiger partial charge is 0.362 e. The minimum absolute atomic E-state index is 0.274. The number of para-hydroxylation sites is 1. The maximum Gasteiger partial charge on any atom is 0.0768 e. The summed E-state index contributed by atoms with van der Waals surface area (Å²) in [6.45, 7) is 1.73. The Morgan fingerprint density at radius 1 is 1.32 bits per heavy atom. The first-order chi connectivity index (χ1) is 9.31. The summed E-state index contributed by atoms with van der Waals surface area (Å²) in [6.07, 6.45) is 2.38. The van der Waals surface area contributed by atoms with Crippen molar-refractivity contribution in [1.29, 1.82) is 0 Å². The number of hydrogen-bond donors (Lipinski definition) is 1. The van der Waals surface area contributed by atoms with Gasteiger partial charge in [0, 0.05) is 28.1 Å². The van der Waals surface area contributed by atoms with E-state index in [9.17, 15) is 0 Å². The second kappa shape index (κ2) is 5.65. The Bertz CT molecular complexity index is 567. The molecule has 0 saturated carbocycles. The molecular weight excluding hydrogens is 320 g/mol. The fraction of sp³-hybridized carbons (Fsp3) is 0.333. The van der Waals surface area contributed by atoms with Gasteiger partial charge in [-0.25, -0.2) is 0 Å². The van der Waals surface area contributed by atoms with E-state index in [4.69, 9.17) is 5.73 Å². The SMILES string of the molecule is NCC(c1sccc1Br)N1CCCc2ccccc21. The summed E-state index contributed by atoms with van der Waals surface area (Å²) in [7, 11) is 0. The van der Waals surface area contributed by atoms with Crippen LogP contribution >= 0.6 is 27.3 Å². The number of nitrogens with zero attached hydrogens (tertiary/aromatic N) is 1. The molecule has 100 valence electrons. The zero-order valence-electron chi connectivity index (χ0n) is 10.7. The van der Waals surface area contributed by atoms with Crippen LogP contribution in [-0.4, -0.2) is 13.1 Å². The summed E-state index contributed by atoms with van der Waals surface area (Å²) in [5.74, 6) is 0. The number of hydrogen-bond acceptors (Lipinski definition) is 3. The van der Waals surface area contributed by atoms with Gasteiger partial charge in [-0.15, -0.1) is 11.3 Å². The number of thiophene rings is 1. The lowest BCUT2D eigenvalue weighted by molar-refractivity contribution is 0.593. The molecule has 0 spiro atoms. The number of fused-ring (bicyclic) bond motifs is 1. The van der Waals surface area contributed by atoms with Crippen molar-refractivity contribution in [2.45, 2.75) is 18.9 Å². The third kappa shape index (κ3) is 2.45. The van der Waals surface area contributed by atoms with Gasteiger partial charge < -0.3 is 10.6 Å². The Morgan fingerprint density at radius 2 is 2.16 bits per heavy atom. The molecule has 0 amide bonds. The Kier molecular flexibility index (Phi) is 3.91. The van der Waals surface area contributed by atoms with Crippen molar-refractivity contribution in [2.24, 2.45) is 5.73 Å². The molecule has 1 aliphatic heterocycles. The van der Waals surface area contributed by atoms with Crippen LogP contribution in [0, 0.1) is 0 Å². The predicted molar refractivity (Wildman–Crippen MR) is 85.9 cm³/mol. The second-order valence-electron chi connectivity index (χ2n) is 4.81. The Morgan fingerprint density at radius 3 is 2.89 bits per heavy atom. The van der Waals surface area contributed by atoms with Crippen molar-refractivity contribution in [3.05, 3.63) is 50.6 Å². The summed E-state index contributed by atoms with van der Waals surface area (Å²) in [6, 6.07) is 11.1. The van der Waals surface area contributed by atoms with E-state index in [1.54, 1.807) is 11.3 Å². The Hall–Kier alpha value is -0.840. The van der Waals surface area contributed by atoms with Gasteiger partial charge in [-0.3, -0.25) is 0 Å². The minimum atomic E-state index is 0.274. The van der Waals surface area contributed by atoms with Crippen molar-refractivity contribution in [3.8, 4) is 0 Å². The topological polar surface area (TPSA) is 29.3 Å². The number of anilines is 1. The average Bonchev–Trinajstić information content (AvgIpc) is 2.86. The monoisotopic (exact) mass is 336 g/mol. The first-order valence-electron chi connectivity index (χ1n) is 6.58.